The second kappa shape index (κ2) is 4.77. The summed E-state index contributed by atoms with van der Waals surface area (Å²) in [6.45, 7) is 0.0393. The summed E-state index contributed by atoms with van der Waals surface area (Å²) in [5, 5.41) is 9.01. The molecule has 1 amide bonds. The van der Waals surface area contributed by atoms with Crippen molar-refractivity contribution >= 4 is 29.4 Å². The molecule has 0 radical (unpaired) electrons. The zero-order chi connectivity index (χ0) is 13.3. The molecule has 18 heavy (non-hydrogen) atoms. The van der Waals surface area contributed by atoms with Crippen molar-refractivity contribution in [2.75, 3.05) is 18.6 Å². The molecule has 0 aliphatic carbocycles. The summed E-state index contributed by atoms with van der Waals surface area (Å²) in [4.78, 5) is 31.6. The highest BCUT2D eigenvalue weighted by Gasteiger charge is 2.36. The zero-order valence-corrected chi connectivity index (χ0v) is 10.2. The van der Waals surface area contributed by atoms with E-state index < -0.39 is 11.9 Å². The molecule has 1 aromatic rings. The van der Waals surface area contributed by atoms with Gasteiger partial charge in [-0.3, -0.25) is 14.5 Å². The number of methoxy groups -OCH3 is 1. The Morgan fingerprint density at radius 1 is 1.61 bits per heavy atom. The molecule has 0 bridgehead atoms. The second-order valence-electron chi connectivity index (χ2n) is 3.78. The van der Waals surface area contributed by atoms with Gasteiger partial charge in [0.25, 0.3) is 0 Å². The number of ether oxygens (including phenoxy) is 1. The standard InChI is InChI=1S/C10H10ClN3O4/c1-18-7-3-6(11)12-10(13-7)14-4-5(9(16)17)2-8(14)15/h3,5H,2,4H2,1H3,(H,16,17). The number of aliphatic carboxylic acids is 1. The van der Waals surface area contributed by atoms with Crippen LogP contribution in [0.15, 0.2) is 6.07 Å². The van der Waals surface area contributed by atoms with Crippen LogP contribution in [0.4, 0.5) is 5.95 Å². The van der Waals surface area contributed by atoms with Gasteiger partial charge in [0.15, 0.2) is 0 Å². The van der Waals surface area contributed by atoms with Crippen molar-refractivity contribution in [2.24, 2.45) is 5.92 Å². The molecule has 1 fully saturated rings. The number of amides is 1. The molecule has 0 spiro atoms. The monoisotopic (exact) mass is 271 g/mol. The van der Waals surface area contributed by atoms with Gasteiger partial charge in [-0.25, -0.2) is 4.98 Å². The van der Waals surface area contributed by atoms with Crippen molar-refractivity contribution in [2.45, 2.75) is 6.42 Å². The molecule has 7 nitrogen and oxygen atoms in total. The molecule has 2 heterocycles. The Bertz CT molecular complexity index is 508. The van der Waals surface area contributed by atoms with Crippen molar-refractivity contribution in [3.8, 4) is 5.88 Å². The Hall–Kier alpha value is -1.89. The molecular formula is C10H10ClN3O4. The van der Waals surface area contributed by atoms with Gasteiger partial charge in [0, 0.05) is 19.0 Å². The molecule has 1 unspecified atom stereocenters. The average molecular weight is 272 g/mol. The van der Waals surface area contributed by atoms with Gasteiger partial charge in [-0.05, 0) is 0 Å². The van der Waals surface area contributed by atoms with Gasteiger partial charge in [0.1, 0.15) is 5.15 Å². The van der Waals surface area contributed by atoms with E-state index in [0.29, 0.717) is 0 Å². The van der Waals surface area contributed by atoms with Crippen molar-refractivity contribution in [1.82, 2.24) is 9.97 Å². The van der Waals surface area contributed by atoms with Crippen LogP contribution in [0.3, 0.4) is 0 Å². The number of carbonyl (C=O) groups excluding carboxylic acids is 1. The number of carbonyl (C=O) groups is 2. The van der Waals surface area contributed by atoms with Crippen LogP contribution in [-0.2, 0) is 9.59 Å². The topological polar surface area (TPSA) is 92.6 Å². The van der Waals surface area contributed by atoms with Crippen LogP contribution in [0.1, 0.15) is 6.42 Å². The highest BCUT2D eigenvalue weighted by atomic mass is 35.5. The van der Waals surface area contributed by atoms with Gasteiger partial charge >= 0.3 is 5.97 Å². The van der Waals surface area contributed by atoms with E-state index >= 15 is 0 Å². The van der Waals surface area contributed by atoms with Crippen molar-refractivity contribution in [3.63, 3.8) is 0 Å². The van der Waals surface area contributed by atoms with Crippen LogP contribution in [0.5, 0.6) is 5.88 Å². The maximum Gasteiger partial charge on any atom is 0.308 e. The summed E-state index contributed by atoms with van der Waals surface area (Å²) in [7, 11) is 1.41. The average Bonchev–Trinajstić information content (AvgIpc) is 2.70. The minimum absolute atomic E-state index is 0.0393. The number of aromatic nitrogens is 2. The fourth-order valence-corrected chi connectivity index (χ4v) is 1.85. The number of hydrogen-bond donors (Lipinski definition) is 1. The summed E-state index contributed by atoms with van der Waals surface area (Å²) < 4.78 is 4.91. The first kappa shape index (κ1) is 12.6. The van der Waals surface area contributed by atoms with E-state index in [2.05, 4.69) is 9.97 Å². The maximum absolute atomic E-state index is 11.7. The Morgan fingerprint density at radius 3 is 2.89 bits per heavy atom. The normalized spacial score (nSPS) is 19.1. The Labute approximate surface area is 107 Å². The molecule has 1 aliphatic rings. The van der Waals surface area contributed by atoms with Gasteiger partial charge < -0.3 is 9.84 Å². The minimum atomic E-state index is -1.01. The third-order valence-electron chi connectivity index (χ3n) is 2.58. The summed E-state index contributed by atoms with van der Waals surface area (Å²) >= 11 is 5.77. The number of carboxylic acids is 1. The summed E-state index contributed by atoms with van der Waals surface area (Å²) in [6, 6.07) is 1.40. The van der Waals surface area contributed by atoms with Crippen molar-refractivity contribution in [3.05, 3.63) is 11.2 Å². The summed E-state index contributed by atoms with van der Waals surface area (Å²) in [5.41, 5.74) is 0. The smallest absolute Gasteiger partial charge is 0.308 e. The van der Waals surface area contributed by atoms with Crippen LogP contribution >= 0.6 is 11.6 Å². The molecule has 1 saturated heterocycles. The van der Waals surface area contributed by atoms with Gasteiger partial charge in [-0.15, -0.1) is 0 Å². The zero-order valence-electron chi connectivity index (χ0n) is 9.46. The maximum atomic E-state index is 11.7. The molecule has 1 aromatic heterocycles. The SMILES string of the molecule is COc1cc(Cl)nc(N2CC(C(=O)O)CC2=O)n1. The number of nitrogens with zero attached hydrogens (tertiary/aromatic N) is 3. The van der Waals surface area contributed by atoms with E-state index in [4.69, 9.17) is 21.4 Å². The van der Waals surface area contributed by atoms with E-state index in [9.17, 15) is 9.59 Å². The highest BCUT2D eigenvalue weighted by Crippen LogP contribution is 2.25. The molecule has 96 valence electrons. The first-order valence-corrected chi connectivity index (χ1v) is 5.51. The van der Waals surface area contributed by atoms with Gasteiger partial charge in [0.2, 0.25) is 17.7 Å². The molecule has 1 aliphatic heterocycles. The van der Waals surface area contributed by atoms with Crippen LogP contribution in [-0.4, -0.2) is 40.6 Å². The quantitative estimate of drug-likeness (QED) is 0.808. The second-order valence-corrected chi connectivity index (χ2v) is 4.16. The van der Waals surface area contributed by atoms with E-state index in [-0.39, 0.29) is 35.9 Å². The molecule has 0 saturated carbocycles. The first-order chi connectivity index (χ1) is 8.51. The van der Waals surface area contributed by atoms with E-state index in [1.165, 1.54) is 18.1 Å². The van der Waals surface area contributed by atoms with Crippen LogP contribution in [0.25, 0.3) is 0 Å². The number of rotatable bonds is 3. The first-order valence-electron chi connectivity index (χ1n) is 5.13. The largest absolute Gasteiger partial charge is 0.481 e. The molecule has 1 N–H and O–H groups in total. The van der Waals surface area contributed by atoms with Gasteiger partial charge in [-0.1, -0.05) is 11.6 Å². The lowest BCUT2D eigenvalue weighted by Gasteiger charge is -2.14. The Balaban J connectivity index is 2.29. The third kappa shape index (κ3) is 2.35. The van der Waals surface area contributed by atoms with Crippen molar-refractivity contribution < 1.29 is 19.4 Å². The van der Waals surface area contributed by atoms with Gasteiger partial charge in [0.05, 0.1) is 13.0 Å². The van der Waals surface area contributed by atoms with E-state index in [1.54, 1.807) is 0 Å². The minimum Gasteiger partial charge on any atom is -0.481 e. The van der Waals surface area contributed by atoms with Gasteiger partial charge in [-0.2, -0.15) is 4.98 Å². The number of anilines is 1. The number of carboxylic acid groups (broad SMARTS) is 1. The fourth-order valence-electron chi connectivity index (χ4n) is 1.68. The number of halogens is 1. The van der Waals surface area contributed by atoms with Crippen LogP contribution in [0, 0.1) is 5.92 Å². The molecule has 2 rings (SSSR count). The fraction of sp³-hybridized carbons (Fsp3) is 0.400. The lowest BCUT2D eigenvalue weighted by atomic mass is 10.1. The summed E-state index contributed by atoms with van der Waals surface area (Å²) in [6.07, 6.45) is -0.0620. The van der Waals surface area contributed by atoms with Crippen LogP contribution < -0.4 is 9.64 Å². The molecule has 0 aromatic carbocycles. The lowest BCUT2D eigenvalue weighted by Crippen LogP contribution is -2.27. The Kier molecular flexibility index (Phi) is 3.33. The molecular weight excluding hydrogens is 262 g/mol. The van der Waals surface area contributed by atoms with Crippen molar-refractivity contribution in [1.29, 1.82) is 0 Å². The van der Waals surface area contributed by atoms with E-state index in [1.807, 2.05) is 0 Å². The summed E-state index contributed by atoms with van der Waals surface area (Å²) in [5.74, 6) is -1.82. The Morgan fingerprint density at radius 2 is 2.33 bits per heavy atom. The number of hydrogen-bond acceptors (Lipinski definition) is 5. The van der Waals surface area contributed by atoms with Crippen LogP contribution in [0.2, 0.25) is 5.15 Å². The van der Waals surface area contributed by atoms with E-state index in [0.717, 1.165) is 0 Å². The predicted molar refractivity (Wildman–Crippen MR) is 61.7 cm³/mol. The highest BCUT2D eigenvalue weighted by molar-refractivity contribution is 6.29. The molecule has 8 heteroatoms. The molecule has 1 atom stereocenters. The third-order valence-corrected chi connectivity index (χ3v) is 2.78. The lowest BCUT2D eigenvalue weighted by molar-refractivity contribution is -0.141. The predicted octanol–water partition coefficient (Wildman–Crippen LogP) is 0.576.